The SMILES string of the molecule is C[C@H](Nc1nccc(C(F)(F)F)n1)C(=O)Nc1ccccc1. The molecule has 0 saturated heterocycles. The summed E-state index contributed by atoms with van der Waals surface area (Å²) in [6, 6.07) is 8.67. The third-order valence-corrected chi connectivity index (χ3v) is 2.73. The Morgan fingerprint density at radius 2 is 1.86 bits per heavy atom. The van der Waals surface area contributed by atoms with Gasteiger partial charge in [0.05, 0.1) is 0 Å². The van der Waals surface area contributed by atoms with Crippen molar-refractivity contribution in [2.45, 2.75) is 19.1 Å². The van der Waals surface area contributed by atoms with Crippen LogP contribution in [0, 0.1) is 0 Å². The number of aromatic nitrogens is 2. The Labute approximate surface area is 124 Å². The highest BCUT2D eigenvalue weighted by atomic mass is 19.4. The summed E-state index contributed by atoms with van der Waals surface area (Å²) in [5.41, 5.74) is -0.480. The highest BCUT2D eigenvalue weighted by molar-refractivity contribution is 5.95. The number of benzene rings is 1. The highest BCUT2D eigenvalue weighted by Crippen LogP contribution is 2.27. The maximum Gasteiger partial charge on any atom is 0.433 e. The van der Waals surface area contributed by atoms with Gasteiger partial charge in [-0.1, -0.05) is 18.2 Å². The van der Waals surface area contributed by atoms with E-state index in [2.05, 4.69) is 20.6 Å². The van der Waals surface area contributed by atoms with Crippen molar-refractivity contribution in [1.82, 2.24) is 9.97 Å². The molecular formula is C14H13F3N4O. The summed E-state index contributed by atoms with van der Waals surface area (Å²) in [5, 5.41) is 5.17. The molecule has 0 fully saturated rings. The number of carbonyl (C=O) groups excluding carboxylic acids is 1. The van der Waals surface area contributed by atoms with Gasteiger partial charge in [0.15, 0.2) is 0 Å². The lowest BCUT2D eigenvalue weighted by Gasteiger charge is -2.14. The summed E-state index contributed by atoms with van der Waals surface area (Å²) in [4.78, 5) is 19.0. The number of nitrogens with zero attached hydrogens (tertiary/aromatic N) is 2. The van der Waals surface area contributed by atoms with E-state index >= 15 is 0 Å². The van der Waals surface area contributed by atoms with Crippen LogP contribution in [0.2, 0.25) is 0 Å². The molecule has 116 valence electrons. The molecule has 8 heteroatoms. The van der Waals surface area contributed by atoms with Crippen molar-refractivity contribution in [3.8, 4) is 0 Å². The van der Waals surface area contributed by atoms with E-state index in [4.69, 9.17) is 0 Å². The van der Waals surface area contributed by atoms with Crippen LogP contribution in [0.3, 0.4) is 0 Å². The molecule has 0 unspecified atom stereocenters. The van der Waals surface area contributed by atoms with E-state index in [9.17, 15) is 18.0 Å². The van der Waals surface area contributed by atoms with Crippen LogP contribution in [-0.4, -0.2) is 21.9 Å². The second-order valence-electron chi connectivity index (χ2n) is 4.48. The monoisotopic (exact) mass is 310 g/mol. The van der Waals surface area contributed by atoms with Gasteiger partial charge in [0.1, 0.15) is 11.7 Å². The number of rotatable bonds is 4. The molecular weight excluding hydrogens is 297 g/mol. The Morgan fingerprint density at radius 3 is 2.50 bits per heavy atom. The first-order valence-corrected chi connectivity index (χ1v) is 6.39. The van der Waals surface area contributed by atoms with Crippen molar-refractivity contribution in [2.24, 2.45) is 0 Å². The van der Waals surface area contributed by atoms with Gasteiger partial charge < -0.3 is 10.6 Å². The van der Waals surface area contributed by atoms with E-state index in [0.717, 1.165) is 12.3 Å². The fraction of sp³-hybridized carbons (Fsp3) is 0.214. The summed E-state index contributed by atoms with van der Waals surface area (Å²) in [6.07, 6.45) is -3.57. The number of nitrogens with one attached hydrogen (secondary N) is 2. The molecule has 1 aromatic heterocycles. The number of halogens is 3. The minimum Gasteiger partial charge on any atom is -0.343 e. The molecule has 0 saturated carbocycles. The zero-order valence-electron chi connectivity index (χ0n) is 11.6. The quantitative estimate of drug-likeness (QED) is 0.911. The molecule has 2 rings (SSSR count). The summed E-state index contributed by atoms with van der Waals surface area (Å²) in [6.45, 7) is 1.50. The lowest BCUT2D eigenvalue weighted by Crippen LogP contribution is -2.32. The van der Waals surface area contributed by atoms with Crippen molar-refractivity contribution >= 4 is 17.5 Å². The molecule has 1 aromatic carbocycles. The number of para-hydroxylation sites is 1. The van der Waals surface area contributed by atoms with Crippen LogP contribution in [0.15, 0.2) is 42.6 Å². The molecule has 0 aliphatic carbocycles. The van der Waals surface area contributed by atoms with Crippen LogP contribution >= 0.6 is 0 Å². The Kier molecular flexibility index (Phi) is 4.59. The van der Waals surface area contributed by atoms with Crippen LogP contribution in [0.25, 0.3) is 0 Å². The largest absolute Gasteiger partial charge is 0.433 e. The molecule has 0 spiro atoms. The minimum absolute atomic E-state index is 0.259. The predicted octanol–water partition coefficient (Wildman–Crippen LogP) is 2.93. The first-order valence-electron chi connectivity index (χ1n) is 6.39. The van der Waals surface area contributed by atoms with Crippen molar-refractivity contribution in [3.05, 3.63) is 48.3 Å². The Hall–Kier alpha value is -2.64. The normalized spacial score (nSPS) is 12.5. The third-order valence-electron chi connectivity index (χ3n) is 2.73. The number of carbonyl (C=O) groups is 1. The molecule has 2 aromatic rings. The van der Waals surface area contributed by atoms with Crippen LogP contribution in [0.5, 0.6) is 0 Å². The molecule has 0 bridgehead atoms. The van der Waals surface area contributed by atoms with Gasteiger partial charge in [0.25, 0.3) is 0 Å². The molecule has 2 N–H and O–H groups in total. The van der Waals surface area contributed by atoms with E-state index in [1.54, 1.807) is 30.3 Å². The first-order chi connectivity index (χ1) is 10.4. The van der Waals surface area contributed by atoms with Crippen molar-refractivity contribution in [3.63, 3.8) is 0 Å². The Morgan fingerprint density at radius 1 is 1.18 bits per heavy atom. The average molecular weight is 310 g/mol. The first kappa shape index (κ1) is 15.7. The molecule has 5 nitrogen and oxygen atoms in total. The Bertz CT molecular complexity index is 646. The molecule has 22 heavy (non-hydrogen) atoms. The number of hydrogen-bond acceptors (Lipinski definition) is 4. The zero-order valence-corrected chi connectivity index (χ0v) is 11.6. The Balaban J connectivity index is 2.02. The molecule has 0 aliphatic rings. The lowest BCUT2D eigenvalue weighted by atomic mass is 10.2. The number of anilines is 2. The molecule has 1 atom stereocenters. The van der Waals surface area contributed by atoms with Crippen LogP contribution < -0.4 is 10.6 Å². The van der Waals surface area contributed by atoms with Gasteiger partial charge in [0, 0.05) is 11.9 Å². The maximum absolute atomic E-state index is 12.6. The average Bonchev–Trinajstić information content (AvgIpc) is 2.47. The summed E-state index contributed by atoms with van der Waals surface area (Å²) >= 11 is 0. The van der Waals surface area contributed by atoms with Crippen molar-refractivity contribution in [1.29, 1.82) is 0 Å². The molecule has 0 aliphatic heterocycles. The third kappa shape index (κ3) is 4.18. The van der Waals surface area contributed by atoms with Gasteiger partial charge in [-0.05, 0) is 25.1 Å². The fourth-order valence-electron chi connectivity index (χ4n) is 1.62. The van der Waals surface area contributed by atoms with Crippen LogP contribution in [0.1, 0.15) is 12.6 Å². The number of alkyl halides is 3. The van der Waals surface area contributed by atoms with Gasteiger partial charge in [-0.2, -0.15) is 13.2 Å². The minimum atomic E-state index is -4.56. The standard InChI is InChI=1S/C14H13F3N4O/c1-9(12(22)20-10-5-3-2-4-6-10)19-13-18-8-7-11(21-13)14(15,16)17/h2-9H,1H3,(H,20,22)(H,18,19,21)/t9-/m0/s1. The number of amides is 1. The number of hydrogen-bond donors (Lipinski definition) is 2. The van der Waals surface area contributed by atoms with E-state index in [0.29, 0.717) is 5.69 Å². The van der Waals surface area contributed by atoms with E-state index in [1.807, 2.05) is 0 Å². The van der Waals surface area contributed by atoms with E-state index < -0.39 is 23.8 Å². The van der Waals surface area contributed by atoms with Crippen LogP contribution in [0.4, 0.5) is 24.8 Å². The molecule has 1 heterocycles. The second kappa shape index (κ2) is 6.42. The molecule has 0 radical (unpaired) electrons. The zero-order chi connectivity index (χ0) is 16.2. The van der Waals surface area contributed by atoms with Gasteiger partial charge in [-0.3, -0.25) is 4.79 Å². The van der Waals surface area contributed by atoms with E-state index in [-0.39, 0.29) is 5.95 Å². The maximum atomic E-state index is 12.6. The lowest BCUT2D eigenvalue weighted by molar-refractivity contribution is -0.141. The highest BCUT2D eigenvalue weighted by Gasteiger charge is 2.33. The fourth-order valence-corrected chi connectivity index (χ4v) is 1.62. The van der Waals surface area contributed by atoms with E-state index in [1.165, 1.54) is 6.92 Å². The summed E-state index contributed by atoms with van der Waals surface area (Å²) in [7, 11) is 0. The van der Waals surface area contributed by atoms with Gasteiger partial charge in [-0.25, -0.2) is 9.97 Å². The van der Waals surface area contributed by atoms with Gasteiger partial charge >= 0.3 is 6.18 Å². The predicted molar refractivity (Wildman–Crippen MR) is 75.2 cm³/mol. The smallest absolute Gasteiger partial charge is 0.343 e. The summed E-state index contributed by atoms with van der Waals surface area (Å²) in [5.74, 6) is -0.669. The second-order valence-corrected chi connectivity index (χ2v) is 4.48. The topological polar surface area (TPSA) is 66.9 Å². The van der Waals surface area contributed by atoms with Crippen LogP contribution in [-0.2, 0) is 11.0 Å². The van der Waals surface area contributed by atoms with Crippen molar-refractivity contribution in [2.75, 3.05) is 10.6 Å². The molecule has 1 amide bonds. The van der Waals surface area contributed by atoms with Gasteiger partial charge in [0.2, 0.25) is 11.9 Å². The van der Waals surface area contributed by atoms with Gasteiger partial charge in [-0.15, -0.1) is 0 Å². The summed E-state index contributed by atoms with van der Waals surface area (Å²) < 4.78 is 37.7. The van der Waals surface area contributed by atoms with Crippen molar-refractivity contribution < 1.29 is 18.0 Å².